The molecule has 1 heterocycles. The van der Waals surface area contributed by atoms with Crippen LogP contribution in [-0.2, 0) is 4.74 Å². The zero-order valence-electron chi connectivity index (χ0n) is 13.6. The van der Waals surface area contributed by atoms with Crippen LogP contribution < -0.4 is 20.3 Å². The molecule has 0 radical (unpaired) electrons. The van der Waals surface area contributed by atoms with E-state index in [1.807, 2.05) is 45.9 Å². The number of amides is 1. The molecule has 1 aromatic rings. The zero-order valence-corrected chi connectivity index (χ0v) is 13.6. The molecule has 0 saturated heterocycles. The Bertz CT molecular complexity index is 525. The molecule has 1 aliphatic rings. The molecule has 0 aliphatic carbocycles. The number of carbonyl (C=O) groups excluding carboxylic acids is 1. The Kier molecular flexibility index (Phi) is 5.13. The van der Waals surface area contributed by atoms with E-state index in [1.54, 1.807) is 0 Å². The number of ether oxygens (including phenoxy) is 3. The molecule has 0 spiro atoms. The zero-order chi connectivity index (χ0) is 16.2. The second-order valence-electron chi connectivity index (χ2n) is 6.25. The Morgan fingerprint density at radius 3 is 2.59 bits per heavy atom. The molecule has 122 valence electrons. The summed E-state index contributed by atoms with van der Waals surface area (Å²) in [6.07, 6.45) is 0.367. The highest BCUT2D eigenvalue weighted by Crippen LogP contribution is 2.32. The molecule has 22 heavy (non-hydrogen) atoms. The van der Waals surface area contributed by atoms with Gasteiger partial charge in [-0.1, -0.05) is 6.07 Å². The van der Waals surface area contributed by atoms with Crippen molar-refractivity contribution in [3.05, 3.63) is 23.8 Å². The van der Waals surface area contributed by atoms with Gasteiger partial charge in [-0.3, -0.25) is 5.43 Å². The van der Waals surface area contributed by atoms with Crippen molar-refractivity contribution in [3.8, 4) is 11.5 Å². The van der Waals surface area contributed by atoms with Crippen LogP contribution in [0.4, 0.5) is 4.79 Å². The first-order valence-corrected chi connectivity index (χ1v) is 7.49. The fourth-order valence-corrected chi connectivity index (χ4v) is 2.00. The van der Waals surface area contributed by atoms with Crippen LogP contribution in [0, 0.1) is 0 Å². The SMILES string of the molecule is CC(NNC(=O)OC(C)(C)C)c1ccc2c(c1)OCCCO2. The van der Waals surface area contributed by atoms with E-state index in [4.69, 9.17) is 14.2 Å². The number of benzene rings is 1. The van der Waals surface area contributed by atoms with E-state index in [0.717, 1.165) is 23.5 Å². The molecule has 0 bridgehead atoms. The molecule has 1 atom stereocenters. The normalized spacial score (nSPS) is 15.6. The molecular formula is C16H24N2O4. The van der Waals surface area contributed by atoms with Gasteiger partial charge in [0.05, 0.1) is 13.2 Å². The van der Waals surface area contributed by atoms with Crippen molar-refractivity contribution in [2.24, 2.45) is 0 Å². The number of hydrogen-bond acceptors (Lipinski definition) is 5. The van der Waals surface area contributed by atoms with Gasteiger partial charge in [-0.05, 0) is 45.4 Å². The van der Waals surface area contributed by atoms with E-state index < -0.39 is 11.7 Å². The minimum atomic E-state index is -0.524. The lowest BCUT2D eigenvalue weighted by Gasteiger charge is -2.21. The molecule has 2 N–H and O–H groups in total. The van der Waals surface area contributed by atoms with Crippen LogP contribution in [0.25, 0.3) is 0 Å². The van der Waals surface area contributed by atoms with E-state index >= 15 is 0 Å². The van der Waals surface area contributed by atoms with Crippen LogP contribution in [0.15, 0.2) is 18.2 Å². The molecule has 2 rings (SSSR count). The van der Waals surface area contributed by atoms with Crippen molar-refractivity contribution in [2.75, 3.05) is 13.2 Å². The van der Waals surface area contributed by atoms with E-state index in [1.165, 1.54) is 0 Å². The van der Waals surface area contributed by atoms with Gasteiger partial charge >= 0.3 is 6.09 Å². The molecule has 1 unspecified atom stereocenters. The summed E-state index contributed by atoms with van der Waals surface area (Å²) in [7, 11) is 0. The smallest absolute Gasteiger partial charge is 0.422 e. The third-order valence-electron chi connectivity index (χ3n) is 3.06. The highest BCUT2D eigenvalue weighted by Gasteiger charge is 2.17. The summed E-state index contributed by atoms with van der Waals surface area (Å²) < 4.78 is 16.4. The third-order valence-corrected chi connectivity index (χ3v) is 3.06. The maximum Gasteiger partial charge on any atom is 0.422 e. The summed E-state index contributed by atoms with van der Waals surface area (Å²) in [6.45, 7) is 8.71. The van der Waals surface area contributed by atoms with Crippen LogP contribution in [0.2, 0.25) is 0 Å². The number of nitrogens with one attached hydrogen (secondary N) is 2. The van der Waals surface area contributed by atoms with Gasteiger partial charge in [-0.15, -0.1) is 0 Å². The fraction of sp³-hybridized carbons (Fsp3) is 0.562. The monoisotopic (exact) mass is 308 g/mol. The van der Waals surface area contributed by atoms with Crippen LogP contribution in [0.5, 0.6) is 11.5 Å². The molecule has 0 fully saturated rings. The summed E-state index contributed by atoms with van der Waals surface area (Å²) in [4.78, 5) is 11.6. The molecule has 0 aromatic heterocycles. The van der Waals surface area contributed by atoms with Gasteiger partial charge in [0, 0.05) is 12.5 Å². The highest BCUT2D eigenvalue weighted by atomic mass is 16.6. The number of fused-ring (bicyclic) bond motifs is 1. The Hall–Kier alpha value is -1.95. The Labute approximate surface area is 131 Å². The van der Waals surface area contributed by atoms with Crippen molar-refractivity contribution in [2.45, 2.75) is 45.8 Å². The van der Waals surface area contributed by atoms with Crippen molar-refractivity contribution in [1.82, 2.24) is 10.9 Å². The topological polar surface area (TPSA) is 68.8 Å². The minimum absolute atomic E-state index is 0.0929. The number of hydrazine groups is 1. The molecular weight excluding hydrogens is 284 g/mol. The molecule has 1 aromatic carbocycles. The lowest BCUT2D eigenvalue weighted by Crippen LogP contribution is -2.42. The molecule has 6 nitrogen and oxygen atoms in total. The number of hydrogen-bond donors (Lipinski definition) is 2. The van der Waals surface area contributed by atoms with E-state index in [2.05, 4.69) is 10.9 Å². The van der Waals surface area contributed by atoms with Gasteiger partial charge < -0.3 is 14.2 Å². The summed E-state index contributed by atoms with van der Waals surface area (Å²) in [6, 6.07) is 5.67. The van der Waals surface area contributed by atoms with E-state index in [9.17, 15) is 4.79 Å². The first-order chi connectivity index (χ1) is 10.3. The van der Waals surface area contributed by atoms with Gasteiger partial charge in [-0.2, -0.15) is 0 Å². The molecule has 1 aliphatic heterocycles. The van der Waals surface area contributed by atoms with Crippen molar-refractivity contribution in [1.29, 1.82) is 0 Å². The first kappa shape index (κ1) is 16.4. The van der Waals surface area contributed by atoms with Crippen LogP contribution >= 0.6 is 0 Å². The highest BCUT2D eigenvalue weighted by molar-refractivity contribution is 5.67. The van der Waals surface area contributed by atoms with E-state index in [-0.39, 0.29) is 6.04 Å². The Morgan fingerprint density at radius 2 is 1.91 bits per heavy atom. The van der Waals surface area contributed by atoms with Gasteiger partial charge in [0.25, 0.3) is 0 Å². The summed E-state index contributed by atoms with van der Waals surface area (Å²) in [5.41, 5.74) is 5.93. The van der Waals surface area contributed by atoms with Gasteiger partial charge in [-0.25, -0.2) is 10.2 Å². The minimum Gasteiger partial charge on any atom is -0.490 e. The number of rotatable bonds is 3. The lowest BCUT2D eigenvalue weighted by atomic mass is 10.1. The van der Waals surface area contributed by atoms with Crippen molar-refractivity contribution < 1.29 is 19.0 Å². The molecule has 0 saturated carbocycles. The van der Waals surface area contributed by atoms with Gasteiger partial charge in [0.2, 0.25) is 0 Å². The molecule has 1 amide bonds. The van der Waals surface area contributed by atoms with Crippen LogP contribution in [0.3, 0.4) is 0 Å². The quantitative estimate of drug-likeness (QED) is 0.840. The fourth-order valence-electron chi connectivity index (χ4n) is 2.00. The Morgan fingerprint density at radius 1 is 1.23 bits per heavy atom. The second-order valence-corrected chi connectivity index (χ2v) is 6.25. The standard InChI is InChI=1S/C16H24N2O4/c1-11(17-18-15(19)22-16(2,3)4)12-6-7-13-14(10-12)21-9-5-8-20-13/h6-7,10-11,17H,5,8-9H2,1-4H3,(H,18,19). The average Bonchev–Trinajstić information content (AvgIpc) is 2.67. The van der Waals surface area contributed by atoms with Crippen LogP contribution in [0.1, 0.15) is 45.7 Å². The van der Waals surface area contributed by atoms with Crippen molar-refractivity contribution >= 4 is 6.09 Å². The lowest BCUT2D eigenvalue weighted by molar-refractivity contribution is 0.0489. The summed E-state index contributed by atoms with van der Waals surface area (Å²) in [5, 5.41) is 0. The maximum absolute atomic E-state index is 11.6. The predicted octanol–water partition coefficient (Wildman–Crippen LogP) is 2.94. The van der Waals surface area contributed by atoms with Gasteiger partial charge in [0.15, 0.2) is 11.5 Å². The van der Waals surface area contributed by atoms with Crippen LogP contribution in [-0.4, -0.2) is 24.9 Å². The first-order valence-electron chi connectivity index (χ1n) is 7.49. The predicted molar refractivity (Wildman–Crippen MR) is 83.0 cm³/mol. The van der Waals surface area contributed by atoms with Crippen molar-refractivity contribution in [3.63, 3.8) is 0 Å². The van der Waals surface area contributed by atoms with E-state index in [0.29, 0.717) is 13.2 Å². The largest absolute Gasteiger partial charge is 0.490 e. The maximum atomic E-state index is 11.6. The number of carbonyl (C=O) groups is 1. The summed E-state index contributed by atoms with van der Waals surface area (Å²) in [5.74, 6) is 1.49. The second kappa shape index (κ2) is 6.87. The molecule has 6 heteroatoms. The van der Waals surface area contributed by atoms with Gasteiger partial charge in [0.1, 0.15) is 5.60 Å². The average molecular weight is 308 g/mol. The summed E-state index contributed by atoms with van der Waals surface area (Å²) >= 11 is 0. The Balaban J connectivity index is 1.94. The third kappa shape index (κ3) is 4.80.